The van der Waals surface area contributed by atoms with Gasteiger partial charge in [-0.3, -0.25) is 4.79 Å². The number of aliphatic hydroxyl groups is 8. The van der Waals surface area contributed by atoms with E-state index in [1.807, 2.05) is 0 Å². The molecule has 3 aliphatic rings. The SMILES string of the molecule is C=CCO[C@@H]1O[C@H](CO)[C@@H](O[C@@H]2O[C@@H](C)[C@@H](O)[C@@H](O)[C@@H]2O)[C@H](O[C@@H]2O[C@H](CO)[C@H](O)[C@H](O)[C@H]2O)[C@H]1NC(C)=O. The zero-order valence-corrected chi connectivity index (χ0v) is 21.5. The number of rotatable bonds is 10. The minimum Gasteiger partial charge on any atom is -0.394 e. The van der Waals surface area contributed by atoms with Crippen LogP contribution in [0, 0.1) is 0 Å². The van der Waals surface area contributed by atoms with Gasteiger partial charge in [0, 0.05) is 6.92 Å². The maximum atomic E-state index is 12.1. The van der Waals surface area contributed by atoms with Crippen LogP contribution >= 0.6 is 0 Å². The van der Waals surface area contributed by atoms with E-state index in [0.717, 1.165) is 0 Å². The Hall–Kier alpha value is -1.35. The topological polar surface area (TPSA) is 246 Å². The van der Waals surface area contributed by atoms with Crippen LogP contribution in [0.1, 0.15) is 13.8 Å². The molecule has 0 saturated carbocycles. The molecule has 3 aliphatic heterocycles. The summed E-state index contributed by atoms with van der Waals surface area (Å²) >= 11 is 0. The van der Waals surface area contributed by atoms with Gasteiger partial charge in [0.25, 0.3) is 0 Å². The van der Waals surface area contributed by atoms with Crippen LogP contribution in [0.3, 0.4) is 0 Å². The summed E-state index contributed by atoms with van der Waals surface area (Å²) in [6.07, 6.45) is -19.7. The second-order valence-corrected chi connectivity index (χ2v) is 9.65. The summed E-state index contributed by atoms with van der Waals surface area (Å²) in [5, 5.41) is 84.0. The van der Waals surface area contributed by atoms with E-state index in [1.54, 1.807) is 0 Å². The molecule has 3 heterocycles. The summed E-state index contributed by atoms with van der Waals surface area (Å²) in [6.45, 7) is 4.68. The first-order valence-electron chi connectivity index (χ1n) is 12.5. The fraction of sp³-hybridized carbons (Fsp3) is 0.870. The molecule has 3 fully saturated rings. The van der Waals surface area contributed by atoms with Crippen LogP contribution in [0.15, 0.2) is 12.7 Å². The lowest BCUT2D eigenvalue weighted by Gasteiger charge is -2.50. The molecule has 16 heteroatoms. The van der Waals surface area contributed by atoms with Gasteiger partial charge in [-0.05, 0) is 6.92 Å². The average molecular weight is 570 g/mol. The third-order valence-corrected chi connectivity index (χ3v) is 6.81. The van der Waals surface area contributed by atoms with E-state index < -0.39 is 111 Å². The smallest absolute Gasteiger partial charge is 0.217 e. The lowest BCUT2D eigenvalue weighted by Crippen LogP contribution is -2.69. The van der Waals surface area contributed by atoms with Gasteiger partial charge in [0.1, 0.15) is 67.1 Å². The number of aliphatic hydroxyl groups excluding tert-OH is 8. The quantitative estimate of drug-likeness (QED) is 0.112. The van der Waals surface area contributed by atoms with Crippen LogP contribution < -0.4 is 5.32 Å². The van der Waals surface area contributed by atoms with Gasteiger partial charge in [-0.15, -0.1) is 6.58 Å². The van der Waals surface area contributed by atoms with Crippen LogP contribution in [0.4, 0.5) is 0 Å². The molecule has 0 spiro atoms. The van der Waals surface area contributed by atoms with E-state index in [0.29, 0.717) is 0 Å². The third kappa shape index (κ3) is 7.11. The van der Waals surface area contributed by atoms with Gasteiger partial charge in [-0.25, -0.2) is 0 Å². The van der Waals surface area contributed by atoms with Gasteiger partial charge in [0.2, 0.25) is 5.91 Å². The Kier molecular flexibility index (Phi) is 11.6. The van der Waals surface area contributed by atoms with Crippen molar-refractivity contribution in [3.05, 3.63) is 12.7 Å². The molecule has 0 aromatic rings. The Morgan fingerprint density at radius 1 is 0.795 bits per heavy atom. The van der Waals surface area contributed by atoms with Crippen LogP contribution in [0.5, 0.6) is 0 Å². The van der Waals surface area contributed by atoms with Crippen molar-refractivity contribution in [2.24, 2.45) is 0 Å². The molecular weight excluding hydrogens is 530 g/mol. The molecule has 3 saturated heterocycles. The van der Waals surface area contributed by atoms with Crippen LogP contribution in [0.2, 0.25) is 0 Å². The molecule has 0 aromatic heterocycles. The number of nitrogens with one attached hydrogen (secondary N) is 1. The zero-order chi connectivity index (χ0) is 29.0. The maximum Gasteiger partial charge on any atom is 0.217 e. The minimum atomic E-state index is -1.84. The fourth-order valence-electron chi connectivity index (χ4n) is 4.69. The van der Waals surface area contributed by atoms with Crippen molar-refractivity contribution in [1.29, 1.82) is 0 Å². The van der Waals surface area contributed by atoms with Crippen LogP contribution in [-0.4, -0.2) is 159 Å². The fourth-order valence-corrected chi connectivity index (χ4v) is 4.69. The zero-order valence-electron chi connectivity index (χ0n) is 21.5. The van der Waals surface area contributed by atoms with Crippen molar-refractivity contribution >= 4 is 5.91 Å². The molecule has 9 N–H and O–H groups in total. The largest absolute Gasteiger partial charge is 0.394 e. The van der Waals surface area contributed by atoms with E-state index in [4.69, 9.17) is 28.4 Å². The molecular formula is C23H39NO15. The monoisotopic (exact) mass is 569 g/mol. The molecule has 0 radical (unpaired) electrons. The van der Waals surface area contributed by atoms with E-state index in [-0.39, 0.29) is 6.61 Å². The summed E-state index contributed by atoms with van der Waals surface area (Å²) < 4.78 is 34.3. The molecule has 1 amide bonds. The van der Waals surface area contributed by atoms with Gasteiger partial charge in [0.05, 0.1) is 25.9 Å². The highest BCUT2D eigenvalue weighted by molar-refractivity contribution is 5.73. The number of carbonyl (C=O) groups is 1. The first-order valence-corrected chi connectivity index (χ1v) is 12.5. The Morgan fingerprint density at radius 2 is 1.33 bits per heavy atom. The Balaban J connectivity index is 1.98. The van der Waals surface area contributed by atoms with Gasteiger partial charge in [0.15, 0.2) is 18.9 Å². The Morgan fingerprint density at radius 3 is 1.90 bits per heavy atom. The average Bonchev–Trinajstić information content (AvgIpc) is 2.91. The maximum absolute atomic E-state index is 12.1. The molecule has 0 aliphatic carbocycles. The summed E-state index contributed by atoms with van der Waals surface area (Å²) in [5.41, 5.74) is 0. The highest BCUT2D eigenvalue weighted by Gasteiger charge is 2.54. The van der Waals surface area contributed by atoms with Crippen molar-refractivity contribution in [2.45, 2.75) is 106 Å². The molecule has 39 heavy (non-hydrogen) atoms. The summed E-state index contributed by atoms with van der Waals surface area (Å²) in [5.74, 6) is -0.569. The standard InChI is InChI=1S/C23H39NO15/c1-4-5-34-21-12(24-9(3)27)20(39-23-18(33)16(31)14(29)10(6-25)36-23)19(11(7-26)37-21)38-22-17(32)15(30)13(28)8(2)35-22/h4,8,10-23,25-26,28-33H,1,5-7H2,2-3H3,(H,24,27)/t8-,10+,11+,12+,13+,14-,15+,16-,17-,18+,19+,20+,21+,22-,23-/m0/s1. The lowest BCUT2D eigenvalue weighted by molar-refractivity contribution is -0.372. The van der Waals surface area contributed by atoms with E-state index >= 15 is 0 Å². The molecule has 16 nitrogen and oxygen atoms in total. The van der Waals surface area contributed by atoms with Gasteiger partial charge in [-0.2, -0.15) is 0 Å². The summed E-state index contributed by atoms with van der Waals surface area (Å²) in [7, 11) is 0. The number of carbonyl (C=O) groups excluding carboxylic acids is 1. The third-order valence-electron chi connectivity index (χ3n) is 6.81. The second-order valence-electron chi connectivity index (χ2n) is 9.65. The van der Waals surface area contributed by atoms with E-state index in [2.05, 4.69) is 11.9 Å². The first-order chi connectivity index (χ1) is 18.4. The molecule has 0 aromatic carbocycles. The van der Waals surface area contributed by atoms with Crippen molar-refractivity contribution in [2.75, 3.05) is 19.8 Å². The normalized spacial score (nSPS) is 47.0. The molecule has 15 atom stereocenters. The molecule has 3 rings (SSSR count). The van der Waals surface area contributed by atoms with E-state index in [9.17, 15) is 45.6 Å². The van der Waals surface area contributed by atoms with Crippen molar-refractivity contribution < 1.29 is 74.1 Å². The highest BCUT2D eigenvalue weighted by Crippen LogP contribution is 2.33. The minimum absolute atomic E-state index is 0.0523. The number of hydrogen-bond donors (Lipinski definition) is 9. The summed E-state index contributed by atoms with van der Waals surface area (Å²) in [6, 6.07) is -1.23. The molecule has 226 valence electrons. The van der Waals surface area contributed by atoms with Crippen molar-refractivity contribution in [3.8, 4) is 0 Å². The van der Waals surface area contributed by atoms with Gasteiger partial charge >= 0.3 is 0 Å². The Labute approximate surface area is 224 Å². The van der Waals surface area contributed by atoms with Crippen LogP contribution in [-0.2, 0) is 33.2 Å². The Bertz CT molecular complexity index is 803. The van der Waals surface area contributed by atoms with Crippen molar-refractivity contribution in [1.82, 2.24) is 5.32 Å². The number of ether oxygens (including phenoxy) is 6. The molecule has 0 unspecified atom stereocenters. The van der Waals surface area contributed by atoms with E-state index in [1.165, 1.54) is 19.9 Å². The van der Waals surface area contributed by atoms with Crippen molar-refractivity contribution in [3.63, 3.8) is 0 Å². The number of hydrogen-bond acceptors (Lipinski definition) is 15. The number of amides is 1. The first kappa shape index (κ1) is 32.2. The van der Waals surface area contributed by atoms with Gasteiger partial charge < -0.3 is 74.6 Å². The predicted molar refractivity (Wildman–Crippen MR) is 125 cm³/mol. The molecule has 0 bridgehead atoms. The predicted octanol–water partition coefficient (Wildman–Crippen LogP) is -5.19. The lowest BCUT2D eigenvalue weighted by atomic mass is 9.94. The second kappa shape index (κ2) is 14.0. The highest BCUT2D eigenvalue weighted by atomic mass is 16.8. The van der Waals surface area contributed by atoms with Gasteiger partial charge in [-0.1, -0.05) is 6.08 Å². The van der Waals surface area contributed by atoms with Crippen LogP contribution in [0.25, 0.3) is 0 Å². The summed E-state index contributed by atoms with van der Waals surface area (Å²) in [4.78, 5) is 12.1.